The Hall–Kier alpha value is -2.91. The number of aromatic nitrogens is 3. The van der Waals surface area contributed by atoms with Gasteiger partial charge in [-0.1, -0.05) is 0 Å². The Bertz CT molecular complexity index is 920. The van der Waals surface area contributed by atoms with Crippen LogP contribution >= 0.6 is 0 Å². The van der Waals surface area contributed by atoms with Crippen LogP contribution in [0.15, 0.2) is 30.6 Å². The number of rotatable bonds is 4. The molecule has 2 aromatic rings. The van der Waals surface area contributed by atoms with Crippen LogP contribution in [0.3, 0.4) is 0 Å². The number of hydrogen-bond donors (Lipinski definition) is 1. The van der Waals surface area contributed by atoms with Gasteiger partial charge in [0.05, 0.1) is 23.1 Å². The molecule has 29 heavy (non-hydrogen) atoms. The lowest BCUT2D eigenvalue weighted by atomic mass is 10.0. The van der Waals surface area contributed by atoms with Crippen molar-refractivity contribution in [3.8, 4) is 17.5 Å². The van der Waals surface area contributed by atoms with E-state index in [1.165, 1.54) is 12.3 Å². The number of nitrogens with zero attached hydrogens (tertiary/aromatic N) is 5. The summed E-state index contributed by atoms with van der Waals surface area (Å²) < 4.78 is 78.8. The van der Waals surface area contributed by atoms with Crippen molar-refractivity contribution < 1.29 is 31.4 Å². The van der Waals surface area contributed by atoms with Crippen LogP contribution in [-0.2, 0) is 12.4 Å². The highest BCUT2D eigenvalue weighted by molar-refractivity contribution is 5.58. The Morgan fingerprint density at radius 3 is 2.21 bits per heavy atom. The standard InChI is InChI=1S/C17H13F6N5O/c18-16(19,20)12-3-11(4-13(5-12)17(21,22)23)15-25-9-28(26-15)2-1-14(29)27-7-10(6-24)8-27/h1-5,9-10,14,29H,7-8H2/b2-1-. The fraction of sp³-hybridized carbons (Fsp3) is 0.353. The van der Waals surface area contributed by atoms with Gasteiger partial charge < -0.3 is 5.11 Å². The fourth-order valence-corrected chi connectivity index (χ4v) is 2.66. The molecule has 0 aliphatic carbocycles. The van der Waals surface area contributed by atoms with Crippen LogP contribution in [0, 0.1) is 17.2 Å². The van der Waals surface area contributed by atoms with E-state index in [0.29, 0.717) is 25.2 Å². The summed E-state index contributed by atoms with van der Waals surface area (Å²) in [6.45, 7) is 0.768. The molecule has 1 atom stereocenters. The van der Waals surface area contributed by atoms with Gasteiger partial charge in [0.2, 0.25) is 0 Å². The zero-order chi connectivity index (χ0) is 21.4. The number of aliphatic hydroxyl groups is 1. The average Bonchev–Trinajstić information content (AvgIpc) is 3.06. The molecule has 1 aliphatic rings. The second-order valence-corrected chi connectivity index (χ2v) is 6.38. The molecule has 0 spiro atoms. The molecule has 0 amide bonds. The lowest BCUT2D eigenvalue weighted by molar-refractivity contribution is -0.143. The fourth-order valence-electron chi connectivity index (χ4n) is 2.66. The van der Waals surface area contributed by atoms with Crippen LogP contribution in [0.2, 0.25) is 0 Å². The van der Waals surface area contributed by atoms with Gasteiger partial charge >= 0.3 is 12.4 Å². The zero-order valence-corrected chi connectivity index (χ0v) is 14.5. The molecule has 154 valence electrons. The zero-order valence-electron chi connectivity index (χ0n) is 14.5. The predicted octanol–water partition coefficient (Wildman–Crippen LogP) is 3.23. The van der Waals surface area contributed by atoms with E-state index in [2.05, 4.69) is 10.1 Å². The number of aliphatic hydroxyl groups excluding tert-OH is 1. The third-order valence-electron chi connectivity index (χ3n) is 4.23. The van der Waals surface area contributed by atoms with Gasteiger partial charge in [0.15, 0.2) is 5.82 Å². The summed E-state index contributed by atoms with van der Waals surface area (Å²) in [4.78, 5) is 5.33. The number of likely N-dealkylation sites (tertiary alicyclic amines) is 1. The molecule has 1 unspecified atom stereocenters. The molecule has 1 aromatic heterocycles. The topological polar surface area (TPSA) is 78.0 Å². The Morgan fingerprint density at radius 1 is 1.10 bits per heavy atom. The normalized spacial score (nSPS) is 17.3. The molecule has 3 rings (SSSR count). The van der Waals surface area contributed by atoms with Gasteiger partial charge in [0.25, 0.3) is 0 Å². The van der Waals surface area contributed by atoms with Crippen LogP contribution < -0.4 is 0 Å². The average molecular weight is 417 g/mol. The smallest absolute Gasteiger partial charge is 0.375 e. The first-order chi connectivity index (χ1) is 13.5. The molecule has 6 nitrogen and oxygen atoms in total. The van der Waals surface area contributed by atoms with Crippen molar-refractivity contribution >= 4 is 6.20 Å². The quantitative estimate of drug-likeness (QED) is 0.773. The van der Waals surface area contributed by atoms with E-state index in [4.69, 9.17) is 5.26 Å². The molecule has 1 aliphatic heterocycles. The number of halogens is 6. The minimum Gasteiger partial charge on any atom is -0.375 e. The first-order valence-electron chi connectivity index (χ1n) is 8.18. The van der Waals surface area contributed by atoms with Crippen molar-refractivity contribution in [2.45, 2.75) is 18.6 Å². The Morgan fingerprint density at radius 2 is 1.69 bits per heavy atom. The SMILES string of the molecule is N#CC1CN(C(O)/C=C\n2cnc(-c3cc(C(F)(F)F)cc(C(F)(F)F)c3)n2)C1. The molecule has 0 radical (unpaired) electrons. The first kappa shape index (κ1) is 20.8. The van der Waals surface area contributed by atoms with E-state index in [1.807, 2.05) is 6.07 Å². The van der Waals surface area contributed by atoms with E-state index in [0.717, 1.165) is 11.0 Å². The number of alkyl halides is 6. The summed E-state index contributed by atoms with van der Waals surface area (Å²) in [6, 6.07) is 3.15. The summed E-state index contributed by atoms with van der Waals surface area (Å²) in [7, 11) is 0. The largest absolute Gasteiger partial charge is 0.416 e. The lowest BCUT2D eigenvalue weighted by Crippen LogP contribution is -2.50. The highest BCUT2D eigenvalue weighted by Gasteiger charge is 2.37. The molecular formula is C17H13F6N5O. The summed E-state index contributed by atoms with van der Waals surface area (Å²) in [5.74, 6) is -0.506. The predicted molar refractivity (Wildman–Crippen MR) is 87.5 cm³/mol. The number of benzene rings is 1. The van der Waals surface area contributed by atoms with Crippen LogP contribution in [0.1, 0.15) is 11.1 Å². The lowest BCUT2D eigenvalue weighted by Gasteiger charge is -2.37. The third kappa shape index (κ3) is 4.75. The number of nitriles is 1. The molecule has 1 aromatic carbocycles. The molecule has 1 saturated heterocycles. The van der Waals surface area contributed by atoms with Gasteiger partial charge in [-0.05, 0) is 24.3 Å². The van der Waals surface area contributed by atoms with E-state index in [9.17, 15) is 31.4 Å². The van der Waals surface area contributed by atoms with Gasteiger partial charge in [-0.3, -0.25) is 4.90 Å². The van der Waals surface area contributed by atoms with Gasteiger partial charge in [0.1, 0.15) is 12.6 Å². The Labute approximate surface area is 160 Å². The minimum atomic E-state index is -4.97. The van der Waals surface area contributed by atoms with E-state index in [-0.39, 0.29) is 17.8 Å². The summed E-state index contributed by atoms with van der Waals surface area (Å²) >= 11 is 0. The van der Waals surface area contributed by atoms with E-state index < -0.39 is 35.3 Å². The second-order valence-electron chi connectivity index (χ2n) is 6.38. The summed E-state index contributed by atoms with van der Waals surface area (Å²) in [5.41, 5.74) is -3.37. The van der Waals surface area contributed by atoms with Crippen LogP contribution in [-0.4, -0.2) is 44.1 Å². The minimum absolute atomic E-state index is 0.0261. The first-order valence-corrected chi connectivity index (χ1v) is 8.18. The number of hydrogen-bond acceptors (Lipinski definition) is 5. The molecule has 2 heterocycles. The monoisotopic (exact) mass is 417 g/mol. The third-order valence-corrected chi connectivity index (χ3v) is 4.23. The molecule has 12 heteroatoms. The molecule has 0 saturated carbocycles. The van der Waals surface area contributed by atoms with Crippen molar-refractivity contribution in [1.29, 1.82) is 5.26 Å². The molecule has 1 fully saturated rings. The van der Waals surface area contributed by atoms with Gasteiger partial charge in [-0.25, -0.2) is 9.67 Å². The summed E-state index contributed by atoms with van der Waals surface area (Å²) in [6.07, 6.45) is -7.31. The van der Waals surface area contributed by atoms with Crippen molar-refractivity contribution in [2.24, 2.45) is 5.92 Å². The van der Waals surface area contributed by atoms with E-state index >= 15 is 0 Å². The molecular weight excluding hydrogens is 404 g/mol. The highest BCUT2D eigenvalue weighted by Crippen LogP contribution is 2.38. The Kier molecular flexibility index (Phi) is 5.38. The second kappa shape index (κ2) is 7.49. The van der Waals surface area contributed by atoms with Crippen LogP contribution in [0.5, 0.6) is 0 Å². The molecule has 1 N–H and O–H groups in total. The van der Waals surface area contributed by atoms with Gasteiger partial charge in [0, 0.05) is 24.9 Å². The maximum Gasteiger partial charge on any atom is 0.416 e. The van der Waals surface area contributed by atoms with Crippen molar-refractivity contribution in [3.05, 3.63) is 41.7 Å². The Balaban J connectivity index is 1.82. The highest BCUT2D eigenvalue weighted by atomic mass is 19.4. The van der Waals surface area contributed by atoms with Crippen molar-refractivity contribution in [2.75, 3.05) is 13.1 Å². The van der Waals surface area contributed by atoms with Crippen LogP contribution in [0.25, 0.3) is 17.6 Å². The van der Waals surface area contributed by atoms with Gasteiger partial charge in [-0.15, -0.1) is 5.10 Å². The van der Waals surface area contributed by atoms with Crippen molar-refractivity contribution in [1.82, 2.24) is 19.7 Å². The summed E-state index contributed by atoms with van der Waals surface area (Å²) in [5, 5.41) is 22.5. The van der Waals surface area contributed by atoms with Gasteiger partial charge in [-0.2, -0.15) is 31.6 Å². The maximum atomic E-state index is 13.0. The molecule has 0 bridgehead atoms. The van der Waals surface area contributed by atoms with E-state index in [1.54, 1.807) is 4.90 Å². The van der Waals surface area contributed by atoms with Crippen LogP contribution in [0.4, 0.5) is 26.3 Å². The maximum absolute atomic E-state index is 13.0. The van der Waals surface area contributed by atoms with Crippen molar-refractivity contribution in [3.63, 3.8) is 0 Å².